The highest BCUT2D eigenvalue weighted by molar-refractivity contribution is 5.91. The van der Waals surface area contributed by atoms with E-state index < -0.39 is 108 Å². The number of fused-ring (bicyclic) bond motifs is 1. The second-order valence-electron chi connectivity index (χ2n) is 10.1. The molecule has 3 heterocycles. The van der Waals surface area contributed by atoms with E-state index in [9.17, 15) is 55.9 Å². The number of aliphatic hydroxyl groups excluding tert-OH is 7. The van der Waals surface area contributed by atoms with Crippen LogP contribution in [0.5, 0.6) is 23.0 Å². The Kier molecular flexibility index (Phi) is 8.77. The van der Waals surface area contributed by atoms with Gasteiger partial charge in [0.05, 0.1) is 13.2 Å². The maximum Gasteiger partial charge on any atom is 0.229 e. The number of ether oxygens (including phenoxy) is 4. The van der Waals surface area contributed by atoms with Crippen LogP contribution in [0.25, 0.3) is 22.3 Å². The van der Waals surface area contributed by atoms with Crippen molar-refractivity contribution in [1.82, 2.24) is 0 Å². The lowest BCUT2D eigenvalue weighted by Crippen LogP contribution is -2.65. The van der Waals surface area contributed by atoms with Gasteiger partial charge in [-0.25, -0.2) is 0 Å². The summed E-state index contributed by atoms with van der Waals surface area (Å²) in [6.45, 7) is -1.60. The van der Waals surface area contributed by atoms with Gasteiger partial charge < -0.3 is 74.4 Å². The number of phenolic OH excluding ortho intramolecular Hbond substituents is 3. The standard InChI is InChI=1S/C27H30O16/c28-7-15-18(33)21(36)23(38)26(41-15)43-25-22(37)19(34)16(8-29)42-27(25)40-14-6-12(32)17-11(31)5-13(39-24(17)20(14)35)9-1-3-10(30)4-2-9/h1-6,15-16,18-19,21-23,25-30,32-38H,7-8H2/t15-,16-,18-,19-,21-,22+,23-,25?,26+,27-/m1/s1. The summed E-state index contributed by atoms with van der Waals surface area (Å²) >= 11 is 0. The Labute approximate surface area is 241 Å². The Morgan fingerprint density at radius 3 is 1.98 bits per heavy atom. The van der Waals surface area contributed by atoms with Gasteiger partial charge in [0.1, 0.15) is 65.4 Å². The van der Waals surface area contributed by atoms with Crippen LogP contribution in [-0.4, -0.2) is 126 Å². The van der Waals surface area contributed by atoms with Crippen molar-refractivity contribution in [3.05, 3.63) is 46.6 Å². The molecule has 2 saturated heterocycles. The van der Waals surface area contributed by atoms with Crippen molar-refractivity contribution in [2.45, 2.75) is 61.4 Å². The SMILES string of the molecule is O=c1cc(-c2ccc(O)cc2)oc2c(O)c(O[C@@H]3O[C@H](CO)[C@@H](O)[C@H](O)C3O[C@@H]3O[C@H](CO)[C@@H](O)[C@@H](O)[C@H]3O)cc(O)c12. The molecule has 10 atom stereocenters. The van der Waals surface area contributed by atoms with Gasteiger partial charge in [-0.1, -0.05) is 0 Å². The zero-order chi connectivity index (χ0) is 31.2. The van der Waals surface area contributed by atoms with Gasteiger partial charge in [0, 0.05) is 17.7 Å². The number of aromatic hydroxyl groups is 3. The fourth-order valence-corrected chi connectivity index (χ4v) is 4.89. The highest BCUT2D eigenvalue weighted by Gasteiger charge is 2.51. The van der Waals surface area contributed by atoms with Gasteiger partial charge in [0.2, 0.25) is 12.0 Å². The first-order chi connectivity index (χ1) is 20.4. The lowest BCUT2D eigenvalue weighted by molar-refractivity contribution is -0.358. The first-order valence-electron chi connectivity index (χ1n) is 13.0. The van der Waals surface area contributed by atoms with Crippen LogP contribution < -0.4 is 10.2 Å². The van der Waals surface area contributed by atoms with E-state index in [0.717, 1.165) is 12.1 Å². The van der Waals surface area contributed by atoms with Crippen LogP contribution in [0.4, 0.5) is 0 Å². The van der Waals surface area contributed by atoms with Gasteiger partial charge in [-0.05, 0) is 24.3 Å². The summed E-state index contributed by atoms with van der Waals surface area (Å²) < 4.78 is 27.8. The molecule has 2 fully saturated rings. The minimum Gasteiger partial charge on any atom is -0.508 e. The number of aliphatic hydroxyl groups is 7. The summed E-state index contributed by atoms with van der Waals surface area (Å²) in [6, 6.07) is 7.46. The van der Waals surface area contributed by atoms with Crippen LogP contribution in [-0.2, 0) is 14.2 Å². The van der Waals surface area contributed by atoms with Crippen LogP contribution in [0.1, 0.15) is 0 Å². The molecule has 3 aromatic rings. The number of hydrogen-bond acceptors (Lipinski definition) is 16. The third-order valence-corrected chi connectivity index (χ3v) is 7.28. The van der Waals surface area contributed by atoms with E-state index in [2.05, 4.69) is 0 Å². The molecule has 16 heteroatoms. The fourth-order valence-electron chi connectivity index (χ4n) is 4.89. The van der Waals surface area contributed by atoms with E-state index >= 15 is 0 Å². The van der Waals surface area contributed by atoms with Crippen molar-refractivity contribution < 1.29 is 74.4 Å². The topological polar surface area (TPSA) is 269 Å². The molecule has 0 amide bonds. The van der Waals surface area contributed by atoms with Crippen molar-refractivity contribution in [3.63, 3.8) is 0 Å². The Morgan fingerprint density at radius 1 is 0.744 bits per heavy atom. The molecule has 0 spiro atoms. The van der Waals surface area contributed by atoms with E-state index in [4.69, 9.17) is 23.4 Å². The first-order valence-corrected chi connectivity index (χ1v) is 13.0. The predicted molar refractivity (Wildman–Crippen MR) is 140 cm³/mol. The van der Waals surface area contributed by atoms with Gasteiger partial charge >= 0.3 is 0 Å². The zero-order valence-electron chi connectivity index (χ0n) is 22.1. The van der Waals surface area contributed by atoms with E-state index in [1.54, 1.807) is 0 Å². The quantitative estimate of drug-likeness (QED) is 0.125. The lowest BCUT2D eigenvalue weighted by Gasteiger charge is -2.45. The van der Waals surface area contributed by atoms with Crippen LogP contribution in [0.15, 0.2) is 45.6 Å². The predicted octanol–water partition coefficient (Wildman–Crippen LogP) is -2.42. The summed E-state index contributed by atoms with van der Waals surface area (Å²) in [5.41, 5.74) is -0.902. The van der Waals surface area contributed by atoms with E-state index in [1.165, 1.54) is 24.3 Å². The van der Waals surface area contributed by atoms with Gasteiger partial charge in [0.25, 0.3) is 0 Å². The normalized spacial score (nSPS) is 33.0. The van der Waals surface area contributed by atoms with E-state index in [1.807, 2.05) is 0 Å². The van der Waals surface area contributed by atoms with Crippen LogP contribution >= 0.6 is 0 Å². The van der Waals surface area contributed by atoms with Crippen LogP contribution in [0.3, 0.4) is 0 Å². The van der Waals surface area contributed by atoms with Crippen molar-refractivity contribution in [2.75, 3.05) is 13.2 Å². The minimum absolute atomic E-state index is 0.0408. The van der Waals surface area contributed by atoms with E-state index in [-0.39, 0.29) is 11.5 Å². The smallest absolute Gasteiger partial charge is 0.229 e. The number of benzene rings is 2. The molecule has 0 saturated carbocycles. The Hall–Kier alpha value is -3.55. The van der Waals surface area contributed by atoms with Crippen molar-refractivity contribution in [3.8, 4) is 34.3 Å². The van der Waals surface area contributed by atoms with Crippen molar-refractivity contribution in [1.29, 1.82) is 0 Å². The first kappa shape index (κ1) is 30.9. The fraction of sp³-hybridized carbons (Fsp3) is 0.444. The molecule has 1 aromatic heterocycles. The molecular weight excluding hydrogens is 580 g/mol. The third kappa shape index (κ3) is 5.73. The van der Waals surface area contributed by atoms with Crippen LogP contribution in [0.2, 0.25) is 0 Å². The van der Waals surface area contributed by atoms with Gasteiger partial charge in [0.15, 0.2) is 29.2 Å². The molecule has 10 N–H and O–H groups in total. The molecule has 43 heavy (non-hydrogen) atoms. The molecule has 5 rings (SSSR count). The minimum atomic E-state index is -1.91. The van der Waals surface area contributed by atoms with Gasteiger partial charge in [-0.15, -0.1) is 0 Å². The van der Waals surface area contributed by atoms with Crippen molar-refractivity contribution >= 4 is 11.0 Å². The second-order valence-corrected chi connectivity index (χ2v) is 10.1. The molecule has 234 valence electrons. The molecule has 0 aliphatic carbocycles. The van der Waals surface area contributed by atoms with Crippen LogP contribution in [0, 0.1) is 0 Å². The molecule has 0 radical (unpaired) electrons. The maximum atomic E-state index is 12.8. The van der Waals surface area contributed by atoms with Crippen molar-refractivity contribution in [2.24, 2.45) is 0 Å². The summed E-state index contributed by atoms with van der Waals surface area (Å²) in [4.78, 5) is 12.8. The summed E-state index contributed by atoms with van der Waals surface area (Å²) in [5.74, 6) is -2.15. The monoisotopic (exact) mass is 610 g/mol. The third-order valence-electron chi connectivity index (χ3n) is 7.28. The summed E-state index contributed by atoms with van der Waals surface area (Å²) in [7, 11) is 0. The Morgan fingerprint density at radius 2 is 1.35 bits per heavy atom. The molecule has 0 bridgehead atoms. The maximum absolute atomic E-state index is 12.8. The highest BCUT2D eigenvalue weighted by Crippen LogP contribution is 2.42. The summed E-state index contributed by atoms with van der Waals surface area (Å²) in [6.07, 6.45) is -17.4. The number of hydrogen-bond donors (Lipinski definition) is 10. The highest BCUT2D eigenvalue weighted by atomic mass is 16.8. The average Bonchev–Trinajstić information content (AvgIpc) is 2.99. The Balaban J connectivity index is 1.51. The molecule has 2 aliphatic rings. The zero-order valence-corrected chi connectivity index (χ0v) is 22.1. The van der Waals surface area contributed by atoms with Gasteiger partial charge in [-0.2, -0.15) is 0 Å². The van der Waals surface area contributed by atoms with E-state index in [0.29, 0.717) is 5.56 Å². The molecule has 2 aromatic carbocycles. The second kappa shape index (κ2) is 12.2. The molecular formula is C27H30O16. The molecule has 2 aliphatic heterocycles. The number of phenols is 3. The Bertz CT molecular complexity index is 1490. The lowest BCUT2D eigenvalue weighted by atomic mass is 9.97. The van der Waals surface area contributed by atoms with Gasteiger partial charge in [-0.3, -0.25) is 4.79 Å². The number of rotatable bonds is 7. The largest absolute Gasteiger partial charge is 0.508 e. The average molecular weight is 611 g/mol. The summed E-state index contributed by atoms with van der Waals surface area (Å²) in [5, 5.41) is 102. The molecule has 1 unspecified atom stereocenters. The molecule has 16 nitrogen and oxygen atoms in total.